The molecule has 4 nitrogen and oxygen atoms in total. The average molecular weight is 351 g/mol. The predicted octanol–water partition coefficient (Wildman–Crippen LogP) is 5.45. The molecule has 3 aromatic carbocycles. The van der Waals surface area contributed by atoms with Crippen LogP contribution in [0.15, 0.2) is 78.9 Å². The smallest absolute Gasteiger partial charge is 0.157 e. The Hall–Kier alpha value is -3.66. The Morgan fingerprint density at radius 1 is 0.704 bits per heavy atom. The molecular formula is C23H17N3O. The van der Waals surface area contributed by atoms with Crippen molar-refractivity contribution >= 4 is 22.2 Å². The first-order valence-electron chi connectivity index (χ1n) is 8.82. The van der Waals surface area contributed by atoms with Crippen molar-refractivity contribution in [2.45, 2.75) is 0 Å². The molecule has 0 saturated heterocycles. The zero-order valence-electron chi connectivity index (χ0n) is 14.8. The van der Waals surface area contributed by atoms with Crippen molar-refractivity contribution in [3.63, 3.8) is 0 Å². The Labute approximate surface area is 156 Å². The lowest BCUT2D eigenvalue weighted by atomic mass is 10.0. The van der Waals surface area contributed by atoms with Crippen molar-refractivity contribution in [3.05, 3.63) is 78.9 Å². The lowest BCUT2D eigenvalue weighted by molar-refractivity contribution is 0.415. The Balaban J connectivity index is 1.84. The summed E-state index contributed by atoms with van der Waals surface area (Å²) in [5.74, 6) is 0.830. The number of hydrogen-bond donors (Lipinski definition) is 1. The highest BCUT2D eigenvalue weighted by molar-refractivity contribution is 6.02. The second kappa shape index (κ2) is 6.25. The van der Waals surface area contributed by atoms with Gasteiger partial charge >= 0.3 is 0 Å². The van der Waals surface area contributed by atoms with E-state index in [1.54, 1.807) is 7.11 Å². The molecule has 0 bridgehead atoms. The molecule has 0 amide bonds. The SMILES string of the molecule is COc1ccc(-c2c(-c3ccccc3)[nH]c3nc4ccccc4nc23)cc1. The Kier molecular flexibility index (Phi) is 3.61. The third-order valence-electron chi connectivity index (χ3n) is 4.74. The van der Waals surface area contributed by atoms with E-state index in [0.717, 1.165) is 50.3 Å². The second-order valence-corrected chi connectivity index (χ2v) is 6.38. The summed E-state index contributed by atoms with van der Waals surface area (Å²) < 4.78 is 5.31. The van der Waals surface area contributed by atoms with Gasteiger partial charge in [-0.15, -0.1) is 0 Å². The van der Waals surface area contributed by atoms with Crippen molar-refractivity contribution in [3.8, 4) is 28.1 Å². The number of H-pyrrole nitrogens is 1. The van der Waals surface area contributed by atoms with E-state index in [1.165, 1.54) is 0 Å². The Bertz CT molecular complexity index is 1240. The van der Waals surface area contributed by atoms with Crippen LogP contribution in [-0.4, -0.2) is 22.1 Å². The van der Waals surface area contributed by atoms with Gasteiger partial charge in [0.25, 0.3) is 0 Å². The molecule has 0 radical (unpaired) electrons. The third kappa shape index (κ3) is 2.62. The first-order valence-corrected chi connectivity index (χ1v) is 8.82. The van der Waals surface area contributed by atoms with Crippen molar-refractivity contribution < 1.29 is 4.74 Å². The van der Waals surface area contributed by atoms with Crippen molar-refractivity contribution in [2.24, 2.45) is 0 Å². The van der Waals surface area contributed by atoms with E-state index in [4.69, 9.17) is 14.7 Å². The molecule has 130 valence electrons. The molecule has 0 unspecified atom stereocenters. The number of benzene rings is 3. The highest BCUT2D eigenvalue weighted by Gasteiger charge is 2.18. The number of ether oxygens (including phenoxy) is 1. The van der Waals surface area contributed by atoms with E-state index in [0.29, 0.717) is 0 Å². The van der Waals surface area contributed by atoms with Crippen LogP contribution in [0.25, 0.3) is 44.6 Å². The predicted molar refractivity (Wildman–Crippen MR) is 109 cm³/mol. The van der Waals surface area contributed by atoms with Crippen molar-refractivity contribution in [1.29, 1.82) is 0 Å². The molecule has 27 heavy (non-hydrogen) atoms. The lowest BCUT2D eigenvalue weighted by Crippen LogP contribution is -1.87. The van der Waals surface area contributed by atoms with Crippen LogP contribution >= 0.6 is 0 Å². The van der Waals surface area contributed by atoms with Gasteiger partial charge < -0.3 is 9.72 Å². The van der Waals surface area contributed by atoms with Gasteiger partial charge in [-0.2, -0.15) is 0 Å². The molecule has 2 heterocycles. The summed E-state index contributed by atoms with van der Waals surface area (Å²) in [7, 11) is 1.67. The minimum atomic E-state index is 0.790. The zero-order valence-corrected chi connectivity index (χ0v) is 14.8. The molecule has 0 spiro atoms. The van der Waals surface area contributed by atoms with E-state index >= 15 is 0 Å². The van der Waals surface area contributed by atoms with Crippen LogP contribution in [0.3, 0.4) is 0 Å². The molecule has 1 N–H and O–H groups in total. The van der Waals surface area contributed by atoms with Crippen LogP contribution < -0.4 is 4.74 Å². The third-order valence-corrected chi connectivity index (χ3v) is 4.74. The summed E-state index contributed by atoms with van der Waals surface area (Å²) in [6.45, 7) is 0. The van der Waals surface area contributed by atoms with Gasteiger partial charge in [0.1, 0.15) is 11.3 Å². The Morgan fingerprint density at radius 3 is 2.07 bits per heavy atom. The quantitative estimate of drug-likeness (QED) is 0.470. The number of aromatic amines is 1. The van der Waals surface area contributed by atoms with Gasteiger partial charge in [0.2, 0.25) is 0 Å². The van der Waals surface area contributed by atoms with Gasteiger partial charge in [0.05, 0.1) is 23.8 Å². The average Bonchev–Trinajstić information content (AvgIpc) is 3.11. The Morgan fingerprint density at radius 2 is 1.37 bits per heavy atom. The standard InChI is InChI=1S/C23H17N3O/c1-27-17-13-11-15(12-14-17)20-21(16-7-3-2-4-8-16)26-23-22(20)24-18-9-5-6-10-19(18)25-23/h2-14H,1H3,(H,25,26). The number of nitrogens with zero attached hydrogens (tertiary/aromatic N) is 2. The first kappa shape index (κ1) is 15.6. The van der Waals surface area contributed by atoms with E-state index in [9.17, 15) is 0 Å². The van der Waals surface area contributed by atoms with Crippen LogP contribution in [0.5, 0.6) is 5.75 Å². The fourth-order valence-electron chi connectivity index (χ4n) is 3.42. The number of nitrogens with one attached hydrogen (secondary N) is 1. The van der Waals surface area contributed by atoms with Crippen molar-refractivity contribution in [1.82, 2.24) is 15.0 Å². The van der Waals surface area contributed by atoms with Crippen LogP contribution in [0.1, 0.15) is 0 Å². The fourth-order valence-corrected chi connectivity index (χ4v) is 3.42. The monoisotopic (exact) mass is 351 g/mol. The minimum absolute atomic E-state index is 0.790. The van der Waals surface area contributed by atoms with Crippen LogP contribution in [0.2, 0.25) is 0 Å². The van der Waals surface area contributed by atoms with Gasteiger partial charge in [-0.3, -0.25) is 0 Å². The summed E-state index contributed by atoms with van der Waals surface area (Å²) in [6.07, 6.45) is 0. The van der Waals surface area contributed by atoms with Gasteiger partial charge in [-0.1, -0.05) is 54.6 Å². The number of methoxy groups -OCH3 is 1. The van der Waals surface area contributed by atoms with E-state index < -0.39 is 0 Å². The zero-order chi connectivity index (χ0) is 18.2. The minimum Gasteiger partial charge on any atom is -0.497 e. The summed E-state index contributed by atoms with van der Waals surface area (Å²) in [6, 6.07) is 26.3. The number of hydrogen-bond acceptors (Lipinski definition) is 3. The van der Waals surface area contributed by atoms with E-state index in [-0.39, 0.29) is 0 Å². The normalized spacial score (nSPS) is 11.1. The molecule has 0 aliphatic carbocycles. The number of rotatable bonds is 3. The van der Waals surface area contributed by atoms with E-state index in [2.05, 4.69) is 29.2 Å². The second-order valence-electron chi connectivity index (χ2n) is 6.38. The number of fused-ring (bicyclic) bond motifs is 2. The maximum Gasteiger partial charge on any atom is 0.157 e. The van der Waals surface area contributed by atoms with Gasteiger partial charge in [-0.25, -0.2) is 9.97 Å². The van der Waals surface area contributed by atoms with Gasteiger partial charge in [0, 0.05) is 5.56 Å². The topological polar surface area (TPSA) is 50.8 Å². The molecule has 0 atom stereocenters. The summed E-state index contributed by atoms with van der Waals surface area (Å²) in [4.78, 5) is 13.2. The molecule has 5 aromatic rings. The highest BCUT2D eigenvalue weighted by Crippen LogP contribution is 2.38. The van der Waals surface area contributed by atoms with Crippen LogP contribution in [0, 0.1) is 0 Å². The fraction of sp³-hybridized carbons (Fsp3) is 0.0435. The maximum absolute atomic E-state index is 5.31. The van der Waals surface area contributed by atoms with Gasteiger partial charge in [0.15, 0.2) is 5.65 Å². The van der Waals surface area contributed by atoms with E-state index in [1.807, 2.05) is 54.6 Å². The molecule has 0 aliphatic rings. The summed E-state index contributed by atoms with van der Waals surface area (Å²) in [5.41, 5.74) is 7.68. The molecule has 2 aromatic heterocycles. The van der Waals surface area contributed by atoms with Crippen LogP contribution in [0.4, 0.5) is 0 Å². The maximum atomic E-state index is 5.31. The molecule has 4 heteroatoms. The molecular weight excluding hydrogens is 334 g/mol. The molecule has 0 saturated carbocycles. The van der Waals surface area contributed by atoms with Crippen LogP contribution in [-0.2, 0) is 0 Å². The van der Waals surface area contributed by atoms with Gasteiger partial charge in [-0.05, 0) is 35.4 Å². The molecule has 0 aliphatic heterocycles. The molecule has 5 rings (SSSR count). The summed E-state index contributed by atoms with van der Waals surface area (Å²) in [5, 5.41) is 0. The van der Waals surface area contributed by atoms with Crippen molar-refractivity contribution in [2.75, 3.05) is 7.11 Å². The molecule has 0 fully saturated rings. The lowest BCUT2D eigenvalue weighted by Gasteiger charge is -2.06. The summed E-state index contributed by atoms with van der Waals surface area (Å²) >= 11 is 0. The first-order chi connectivity index (χ1) is 13.3. The number of para-hydroxylation sites is 2. The highest BCUT2D eigenvalue weighted by atomic mass is 16.5. The number of aromatic nitrogens is 3. The largest absolute Gasteiger partial charge is 0.497 e.